The highest BCUT2D eigenvalue weighted by atomic mass is 16.1. The lowest BCUT2D eigenvalue weighted by atomic mass is 9.84. The second-order valence-corrected chi connectivity index (χ2v) is 5.57. The first kappa shape index (κ1) is 14.8. The Labute approximate surface area is 121 Å². The van der Waals surface area contributed by atoms with Gasteiger partial charge in [-0.3, -0.25) is 4.79 Å². The number of nitrogens with one attached hydrogen (secondary N) is 2. The molecule has 0 saturated heterocycles. The molecule has 0 spiro atoms. The van der Waals surface area contributed by atoms with Crippen molar-refractivity contribution in [2.24, 2.45) is 5.92 Å². The molecule has 1 aliphatic carbocycles. The van der Waals surface area contributed by atoms with Gasteiger partial charge in [0.1, 0.15) is 5.82 Å². The molecular weight excluding hydrogens is 250 g/mol. The first-order valence-electron chi connectivity index (χ1n) is 7.73. The second-order valence-electron chi connectivity index (χ2n) is 5.57. The maximum absolute atomic E-state index is 12.2. The van der Waals surface area contributed by atoms with Crippen molar-refractivity contribution in [1.82, 2.24) is 10.3 Å². The number of rotatable bonds is 5. The molecule has 1 aliphatic rings. The van der Waals surface area contributed by atoms with Gasteiger partial charge in [-0.1, -0.05) is 26.2 Å². The third-order valence-electron chi connectivity index (χ3n) is 4.08. The van der Waals surface area contributed by atoms with Crippen molar-refractivity contribution in [2.75, 3.05) is 11.9 Å². The second kappa shape index (κ2) is 7.27. The van der Waals surface area contributed by atoms with Crippen molar-refractivity contribution in [3.63, 3.8) is 0 Å². The Bertz CT molecular complexity index is 430. The van der Waals surface area contributed by atoms with Crippen molar-refractivity contribution in [1.29, 1.82) is 0 Å². The molecule has 4 nitrogen and oxygen atoms in total. The molecule has 0 aliphatic heterocycles. The molecule has 2 rings (SSSR count). The van der Waals surface area contributed by atoms with Crippen LogP contribution in [0.25, 0.3) is 0 Å². The number of pyridine rings is 1. The average Bonchev–Trinajstić information content (AvgIpc) is 2.48. The molecule has 4 heteroatoms. The van der Waals surface area contributed by atoms with Crippen molar-refractivity contribution >= 4 is 11.7 Å². The predicted molar refractivity (Wildman–Crippen MR) is 81.9 cm³/mol. The highest BCUT2D eigenvalue weighted by molar-refractivity contribution is 5.94. The highest BCUT2D eigenvalue weighted by Crippen LogP contribution is 2.26. The molecular formula is C16H25N3O. The summed E-state index contributed by atoms with van der Waals surface area (Å²) < 4.78 is 0. The summed E-state index contributed by atoms with van der Waals surface area (Å²) in [6.45, 7) is 5.09. The number of carbonyl (C=O) groups excluding carboxylic acids is 1. The zero-order valence-electron chi connectivity index (χ0n) is 12.5. The van der Waals surface area contributed by atoms with Crippen LogP contribution in [0.1, 0.15) is 56.3 Å². The lowest BCUT2D eigenvalue weighted by molar-refractivity contribution is 0.0919. The van der Waals surface area contributed by atoms with Gasteiger partial charge in [0, 0.05) is 18.8 Å². The number of amides is 1. The summed E-state index contributed by atoms with van der Waals surface area (Å²) in [6, 6.07) is 4.02. The van der Waals surface area contributed by atoms with E-state index in [1.807, 2.05) is 19.1 Å². The van der Waals surface area contributed by atoms with E-state index in [0.717, 1.165) is 31.1 Å². The van der Waals surface area contributed by atoms with E-state index in [1.54, 1.807) is 6.20 Å². The van der Waals surface area contributed by atoms with Crippen LogP contribution in [0, 0.1) is 5.92 Å². The van der Waals surface area contributed by atoms with E-state index in [0.29, 0.717) is 11.6 Å². The first-order chi connectivity index (χ1) is 9.72. The van der Waals surface area contributed by atoms with Gasteiger partial charge in [0.2, 0.25) is 0 Å². The van der Waals surface area contributed by atoms with Gasteiger partial charge >= 0.3 is 0 Å². The molecule has 0 radical (unpaired) electrons. The minimum Gasteiger partial charge on any atom is -0.370 e. The Balaban J connectivity index is 1.90. The zero-order chi connectivity index (χ0) is 14.4. The van der Waals surface area contributed by atoms with Crippen LogP contribution in [0.3, 0.4) is 0 Å². The zero-order valence-corrected chi connectivity index (χ0v) is 12.5. The number of hydrogen-bond acceptors (Lipinski definition) is 3. The van der Waals surface area contributed by atoms with Crippen molar-refractivity contribution in [3.8, 4) is 0 Å². The summed E-state index contributed by atoms with van der Waals surface area (Å²) in [7, 11) is 0. The molecule has 1 aromatic heterocycles. The monoisotopic (exact) mass is 275 g/mol. The Morgan fingerprint density at radius 3 is 2.85 bits per heavy atom. The molecule has 2 N–H and O–H groups in total. The summed E-state index contributed by atoms with van der Waals surface area (Å²) in [4.78, 5) is 16.4. The van der Waals surface area contributed by atoms with Crippen LogP contribution in [-0.2, 0) is 0 Å². The van der Waals surface area contributed by atoms with Gasteiger partial charge in [-0.15, -0.1) is 0 Å². The largest absolute Gasteiger partial charge is 0.370 e. The highest BCUT2D eigenvalue weighted by Gasteiger charge is 2.22. The van der Waals surface area contributed by atoms with Crippen molar-refractivity contribution in [2.45, 2.75) is 52.0 Å². The maximum atomic E-state index is 12.2. The third kappa shape index (κ3) is 3.95. The summed E-state index contributed by atoms with van der Waals surface area (Å²) in [5.41, 5.74) is 0.644. The maximum Gasteiger partial charge on any atom is 0.253 e. The van der Waals surface area contributed by atoms with Gasteiger partial charge in [0.25, 0.3) is 5.91 Å². The van der Waals surface area contributed by atoms with Crippen molar-refractivity contribution < 1.29 is 4.79 Å². The van der Waals surface area contributed by atoms with E-state index in [4.69, 9.17) is 0 Å². The lowest BCUT2D eigenvalue weighted by Crippen LogP contribution is -2.38. The smallest absolute Gasteiger partial charge is 0.253 e. The van der Waals surface area contributed by atoms with Gasteiger partial charge in [-0.25, -0.2) is 4.98 Å². The number of hydrogen-bond donors (Lipinski definition) is 2. The minimum absolute atomic E-state index is 0.00213. The van der Waals surface area contributed by atoms with Gasteiger partial charge in [-0.2, -0.15) is 0 Å². The van der Waals surface area contributed by atoms with Crippen LogP contribution >= 0.6 is 0 Å². The SMILES string of the molecule is CCNc1ccc(C(=O)NC2CCCC(CC)C2)cn1. The fourth-order valence-corrected chi connectivity index (χ4v) is 2.88. The molecule has 1 aromatic rings. The quantitative estimate of drug-likeness (QED) is 0.867. The summed E-state index contributed by atoms with van der Waals surface area (Å²) in [6.07, 6.45) is 7.61. The standard InChI is InChI=1S/C16H25N3O/c1-3-12-6-5-7-14(10-12)19-16(20)13-8-9-15(17-4-2)18-11-13/h8-9,11-12,14H,3-7,10H2,1-2H3,(H,17,18)(H,19,20). The first-order valence-corrected chi connectivity index (χ1v) is 7.73. The van der Waals surface area contributed by atoms with E-state index in [2.05, 4.69) is 22.5 Å². The topological polar surface area (TPSA) is 54.0 Å². The molecule has 1 fully saturated rings. The summed E-state index contributed by atoms with van der Waals surface area (Å²) in [5.74, 6) is 1.58. The van der Waals surface area contributed by atoms with Gasteiger partial charge in [0.15, 0.2) is 0 Å². The Kier molecular flexibility index (Phi) is 5.39. The van der Waals surface area contributed by atoms with E-state index >= 15 is 0 Å². The van der Waals surface area contributed by atoms with Crippen LogP contribution in [0.15, 0.2) is 18.3 Å². The predicted octanol–water partition coefficient (Wildman–Crippen LogP) is 3.21. The molecule has 110 valence electrons. The minimum atomic E-state index is 0.00213. The van der Waals surface area contributed by atoms with Crippen molar-refractivity contribution in [3.05, 3.63) is 23.9 Å². The van der Waals surface area contributed by atoms with Crippen LogP contribution in [-0.4, -0.2) is 23.5 Å². The van der Waals surface area contributed by atoms with E-state index < -0.39 is 0 Å². The number of aromatic nitrogens is 1. The van der Waals surface area contributed by atoms with Crippen LogP contribution in [0.5, 0.6) is 0 Å². The summed E-state index contributed by atoms with van der Waals surface area (Å²) >= 11 is 0. The molecule has 0 aromatic carbocycles. The Morgan fingerprint density at radius 2 is 2.20 bits per heavy atom. The molecule has 20 heavy (non-hydrogen) atoms. The number of carbonyl (C=O) groups is 1. The molecule has 1 saturated carbocycles. The molecule has 0 bridgehead atoms. The molecule has 1 amide bonds. The van der Waals surface area contributed by atoms with E-state index in [-0.39, 0.29) is 5.91 Å². The fraction of sp³-hybridized carbons (Fsp3) is 0.625. The number of anilines is 1. The summed E-state index contributed by atoms with van der Waals surface area (Å²) in [5, 5.41) is 6.28. The Hall–Kier alpha value is -1.58. The average molecular weight is 275 g/mol. The molecule has 2 unspecified atom stereocenters. The van der Waals surface area contributed by atoms with Crippen LogP contribution < -0.4 is 10.6 Å². The van der Waals surface area contributed by atoms with Crippen LogP contribution in [0.2, 0.25) is 0 Å². The van der Waals surface area contributed by atoms with Gasteiger partial charge < -0.3 is 10.6 Å². The van der Waals surface area contributed by atoms with Gasteiger partial charge in [-0.05, 0) is 37.8 Å². The van der Waals surface area contributed by atoms with Crippen LogP contribution in [0.4, 0.5) is 5.82 Å². The molecule has 1 heterocycles. The van der Waals surface area contributed by atoms with Gasteiger partial charge in [0.05, 0.1) is 5.56 Å². The van der Waals surface area contributed by atoms with E-state index in [1.165, 1.54) is 19.3 Å². The third-order valence-corrected chi connectivity index (χ3v) is 4.08. The Morgan fingerprint density at radius 1 is 1.35 bits per heavy atom. The normalized spacial score (nSPS) is 22.3. The molecule has 2 atom stereocenters. The lowest BCUT2D eigenvalue weighted by Gasteiger charge is -2.29. The number of nitrogens with zero attached hydrogens (tertiary/aromatic N) is 1. The fourth-order valence-electron chi connectivity index (χ4n) is 2.88. The van der Waals surface area contributed by atoms with E-state index in [9.17, 15) is 4.79 Å².